The number of ether oxygens (including phenoxy) is 1. The number of rotatable bonds is 2. The summed E-state index contributed by atoms with van der Waals surface area (Å²) in [7, 11) is 0. The van der Waals surface area contributed by atoms with Crippen molar-refractivity contribution in [1.82, 2.24) is 0 Å². The maximum Gasteiger partial charge on any atom is 0.0642 e. The van der Waals surface area contributed by atoms with Gasteiger partial charge in [0, 0.05) is 24.5 Å². The second-order valence-corrected chi connectivity index (χ2v) is 7.96. The van der Waals surface area contributed by atoms with Crippen molar-refractivity contribution < 1.29 is 4.74 Å². The van der Waals surface area contributed by atoms with Gasteiger partial charge in [-0.15, -0.1) is 0 Å². The van der Waals surface area contributed by atoms with Crippen LogP contribution in [-0.2, 0) is 4.74 Å². The van der Waals surface area contributed by atoms with Gasteiger partial charge in [0.05, 0.1) is 19.3 Å². The van der Waals surface area contributed by atoms with Crippen molar-refractivity contribution in [3.8, 4) is 0 Å². The van der Waals surface area contributed by atoms with Gasteiger partial charge >= 0.3 is 0 Å². The SMILES string of the molecule is c1ccc(C2Nc3ccc(N4CCOCC4)cc3C3CCCCC32)cc1. The summed E-state index contributed by atoms with van der Waals surface area (Å²) in [5.74, 6) is 1.39. The fourth-order valence-electron chi connectivity index (χ4n) is 5.22. The van der Waals surface area contributed by atoms with Gasteiger partial charge in [0.15, 0.2) is 0 Å². The molecule has 3 heteroatoms. The molecule has 136 valence electrons. The Labute approximate surface area is 156 Å². The predicted molar refractivity (Wildman–Crippen MR) is 107 cm³/mol. The quantitative estimate of drug-likeness (QED) is 0.830. The molecule has 1 aliphatic carbocycles. The summed E-state index contributed by atoms with van der Waals surface area (Å²) in [6.07, 6.45) is 5.39. The summed E-state index contributed by atoms with van der Waals surface area (Å²) in [5.41, 5.74) is 5.70. The van der Waals surface area contributed by atoms with E-state index >= 15 is 0 Å². The number of nitrogens with one attached hydrogen (secondary N) is 1. The molecule has 3 nitrogen and oxygen atoms in total. The van der Waals surface area contributed by atoms with Crippen molar-refractivity contribution in [3.05, 3.63) is 59.7 Å². The van der Waals surface area contributed by atoms with E-state index in [1.165, 1.54) is 42.6 Å². The molecule has 2 aliphatic heterocycles. The molecule has 2 heterocycles. The Balaban J connectivity index is 1.51. The summed E-state index contributed by atoms with van der Waals surface area (Å²) in [5, 5.41) is 3.90. The highest BCUT2D eigenvalue weighted by Crippen LogP contribution is 2.51. The lowest BCUT2D eigenvalue weighted by atomic mass is 9.68. The first-order valence-corrected chi connectivity index (χ1v) is 10.2. The third-order valence-corrected chi connectivity index (χ3v) is 6.53. The minimum absolute atomic E-state index is 0.447. The van der Waals surface area contributed by atoms with Gasteiger partial charge in [0.1, 0.15) is 0 Å². The van der Waals surface area contributed by atoms with Crippen molar-refractivity contribution in [2.75, 3.05) is 36.5 Å². The van der Waals surface area contributed by atoms with E-state index in [4.69, 9.17) is 4.74 Å². The van der Waals surface area contributed by atoms with E-state index < -0.39 is 0 Å². The van der Waals surface area contributed by atoms with Gasteiger partial charge in [-0.25, -0.2) is 0 Å². The zero-order valence-electron chi connectivity index (χ0n) is 15.4. The maximum absolute atomic E-state index is 5.53. The van der Waals surface area contributed by atoms with Gasteiger partial charge < -0.3 is 15.0 Å². The second-order valence-electron chi connectivity index (χ2n) is 7.96. The first-order valence-electron chi connectivity index (χ1n) is 10.2. The van der Waals surface area contributed by atoms with Gasteiger partial charge in [-0.1, -0.05) is 43.2 Å². The van der Waals surface area contributed by atoms with Crippen LogP contribution in [0.3, 0.4) is 0 Å². The molecule has 2 aromatic rings. The van der Waals surface area contributed by atoms with Crippen LogP contribution in [0.4, 0.5) is 11.4 Å². The monoisotopic (exact) mass is 348 g/mol. The molecule has 5 rings (SSSR count). The van der Waals surface area contributed by atoms with E-state index in [0.717, 1.165) is 26.3 Å². The lowest BCUT2D eigenvalue weighted by Gasteiger charge is -2.44. The van der Waals surface area contributed by atoms with Crippen molar-refractivity contribution in [1.29, 1.82) is 0 Å². The second kappa shape index (κ2) is 6.96. The Hall–Kier alpha value is -2.00. The lowest BCUT2D eigenvalue weighted by Crippen LogP contribution is -2.37. The molecule has 0 amide bonds. The topological polar surface area (TPSA) is 24.5 Å². The fourth-order valence-corrected chi connectivity index (χ4v) is 5.22. The minimum atomic E-state index is 0.447. The molecule has 26 heavy (non-hydrogen) atoms. The van der Waals surface area contributed by atoms with Crippen LogP contribution in [0.15, 0.2) is 48.5 Å². The highest BCUT2D eigenvalue weighted by atomic mass is 16.5. The summed E-state index contributed by atoms with van der Waals surface area (Å²) < 4.78 is 5.53. The van der Waals surface area contributed by atoms with Crippen molar-refractivity contribution in [2.24, 2.45) is 5.92 Å². The smallest absolute Gasteiger partial charge is 0.0642 e. The summed E-state index contributed by atoms with van der Waals surface area (Å²) in [6, 6.07) is 18.6. The molecule has 1 saturated heterocycles. The lowest BCUT2D eigenvalue weighted by molar-refractivity contribution is 0.122. The molecule has 0 aromatic heterocycles. The van der Waals surface area contributed by atoms with Crippen molar-refractivity contribution in [2.45, 2.75) is 37.6 Å². The van der Waals surface area contributed by atoms with Crippen LogP contribution in [0.5, 0.6) is 0 Å². The maximum atomic E-state index is 5.53. The van der Waals surface area contributed by atoms with E-state index in [9.17, 15) is 0 Å². The highest BCUT2D eigenvalue weighted by molar-refractivity contribution is 5.64. The minimum Gasteiger partial charge on any atom is -0.378 e. The molecule has 1 N–H and O–H groups in total. The molecule has 0 bridgehead atoms. The molecule has 2 aromatic carbocycles. The van der Waals surface area contributed by atoms with E-state index in [-0.39, 0.29) is 0 Å². The Bertz CT molecular complexity index is 754. The van der Waals surface area contributed by atoms with Crippen LogP contribution in [0, 0.1) is 5.92 Å². The molecule has 0 spiro atoms. The zero-order chi connectivity index (χ0) is 17.3. The average molecular weight is 348 g/mol. The van der Waals surface area contributed by atoms with Gasteiger partial charge in [-0.2, -0.15) is 0 Å². The van der Waals surface area contributed by atoms with Gasteiger partial charge in [0.25, 0.3) is 0 Å². The van der Waals surface area contributed by atoms with Crippen LogP contribution in [-0.4, -0.2) is 26.3 Å². The number of benzene rings is 2. The van der Waals surface area contributed by atoms with Crippen molar-refractivity contribution in [3.63, 3.8) is 0 Å². The summed E-state index contributed by atoms with van der Waals surface area (Å²) in [6.45, 7) is 3.70. The third kappa shape index (κ3) is 2.88. The van der Waals surface area contributed by atoms with Crippen molar-refractivity contribution >= 4 is 11.4 Å². The van der Waals surface area contributed by atoms with E-state index in [1.807, 2.05) is 0 Å². The predicted octanol–water partition coefficient (Wildman–Crippen LogP) is 4.96. The highest BCUT2D eigenvalue weighted by Gasteiger charge is 2.38. The number of fused-ring (bicyclic) bond motifs is 3. The first-order chi connectivity index (χ1) is 12.9. The normalized spacial score (nSPS) is 28.0. The fraction of sp³-hybridized carbons (Fsp3) is 0.478. The first kappa shape index (κ1) is 16.2. The molecule has 2 fully saturated rings. The molecular formula is C23H28N2O. The number of morpholine rings is 1. The number of hydrogen-bond acceptors (Lipinski definition) is 3. The summed E-state index contributed by atoms with van der Waals surface area (Å²) >= 11 is 0. The molecule has 3 atom stereocenters. The number of anilines is 2. The number of hydrogen-bond donors (Lipinski definition) is 1. The van der Waals surface area contributed by atoms with Crippen LogP contribution >= 0.6 is 0 Å². The molecule has 3 aliphatic rings. The third-order valence-electron chi connectivity index (χ3n) is 6.53. The van der Waals surface area contributed by atoms with Gasteiger partial charge in [-0.05, 0) is 54.0 Å². The Morgan fingerprint density at radius 2 is 1.73 bits per heavy atom. The molecule has 0 radical (unpaired) electrons. The van der Waals surface area contributed by atoms with E-state index in [2.05, 4.69) is 58.7 Å². The summed E-state index contributed by atoms with van der Waals surface area (Å²) in [4.78, 5) is 2.48. The Kier molecular flexibility index (Phi) is 4.33. The average Bonchev–Trinajstić information content (AvgIpc) is 2.74. The zero-order valence-corrected chi connectivity index (χ0v) is 15.4. The van der Waals surface area contributed by atoms with E-state index in [1.54, 1.807) is 5.56 Å². The molecular weight excluding hydrogens is 320 g/mol. The van der Waals surface area contributed by atoms with Crippen LogP contribution in [0.25, 0.3) is 0 Å². The van der Waals surface area contributed by atoms with E-state index in [0.29, 0.717) is 17.9 Å². The Morgan fingerprint density at radius 1 is 0.923 bits per heavy atom. The largest absolute Gasteiger partial charge is 0.378 e. The van der Waals surface area contributed by atoms with Crippen LogP contribution < -0.4 is 10.2 Å². The molecule has 3 unspecified atom stereocenters. The standard InChI is InChI=1S/C23H28N2O/c1-2-6-17(7-3-1)23-20-9-5-4-8-19(20)21-16-18(10-11-22(21)24-23)25-12-14-26-15-13-25/h1-3,6-7,10-11,16,19-20,23-24H,4-5,8-9,12-15H2. The van der Waals surface area contributed by atoms with Crippen LogP contribution in [0.1, 0.15) is 48.8 Å². The molecule has 1 saturated carbocycles. The van der Waals surface area contributed by atoms with Gasteiger partial charge in [-0.3, -0.25) is 0 Å². The van der Waals surface area contributed by atoms with Crippen LogP contribution in [0.2, 0.25) is 0 Å². The Morgan fingerprint density at radius 3 is 2.58 bits per heavy atom. The number of nitrogens with zero attached hydrogens (tertiary/aromatic N) is 1. The van der Waals surface area contributed by atoms with Gasteiger partial charge in [0.2, 0.25) is 0 Å².